The topological polar surface area (TPSA) is 123 Å². The number of anilines is 1. The molecule has 1 unspecified atom stereocenters. The van der Waals surface area contributed by atoms with Crippen LogP contribution >= 0.6 is 0 Å². The first kappa shape index (κ1) is 22.7. The molecule has 6 rings (SSSR count). The molecule has 184 valence electrons. The Hall–Kier alpha value is -4.79. The fourth-order valence-electron chi connectivity index (χ4n) is 5.10. The Kier molecular flexibility index (Phi) is 5.33. The molecule has 1 atom stereocenters. The van der Waals surface area contributed by atoms with Crippen molar-refractivity contribution in [1.29, 1.82) is 0 Å². The van der Waals surface area contributed by atoms with Gasteiger partial charge in [-0.25, -0.2) is 4.98 Å². The standard InChI is InChI=1S/C28H22N4O5/c1-15-29-26-19(28(36)32(15)21-10-12-23(33)31-27(21)35)7-4-8-20(26)30-24(34)13-17-14-37-22-11-9-16-5-2-3-6-18(16)25(17)22/h2-9,11,14,21H,10,12-13H2,1H3,(H,30,34)(H,31,33,35). The smallest absolute Gasteiger partial charge is 0.262 e. The Morgan fingerprint density at radius 2 is 1.89 bits per heavy atom. The van der Waals surface area contributed by atoms with Gasteiger partial charge in [0.25, 0.3) is 5.56 Å². The molecular formula is C28H22N4O5. The fraction of sp³-hybridized carbons (Fsp3) is 0.179. The van der Waals surface area contributed by atoms with Crippen molar-refractivity contribution in [2.24, 2.45) is 0 Å². The summed E-state index contributed by atoms with van der Waals surface area (Å²) >= 11 is 0. The van der Waals surface area contributed by atoms with Gasteiger partial charge in [-0.05, 0) is 42.3 Å². The number of carbonyl (C=O) groups excluding carboxylic acids is 3. The van der Waals surface area contributed by atoms with Gasteiger partial charge in [0.15, 0.2) is 0 Å². The van der Waals surface area contributed by atoms with E-state index in [1.807, 2.05) is 36.4 Å². The van der Waals surface area contributed by atoms with Crippen molar-refractivity contribution in [2.75, 3.05) is 5.32 Å². The third-order valence-electron chi connectivity index (χ3n) is 6.79. The highest BCUT2D eigenvalue weighted by Crippen LogP contribution is 2.30. The van der Waals surface area contributed by atoms with Gasteiger partial charge in [0.05, 0.1) is 23.8 Å². The molecular weight excluding hydrogens is 472 g/mol. The van der Waals surface area contributed by atoms with Gasteiger partial charge in [-0.3, -0.25) is 29.1 Å². The molecule has 0 aliphatic carbocycles. The van der Waals surface area contributed by atoms with E-state index in [4.69, 9.17) is 4.42 Å². The first-order valence-corrected chi connectivity index (χ1v) is 11.9. The molecule has 1 aliphatic rings. The van der Waals surface area contributed by atoms with Crippen LogP contribution in [0, 0.1) is 6.92 Å². The predicted molar refractivity (Wildman–Crippen MR) is 138 cm³/mol. The Balaban J connectivity index is 1.33. The summed E-state index contributed by atoms with van der Waals surface area (Å²) in [6.07, 6.45) is 2.04. The molecule has 0 spiro atoms. The lowest BCUT2D eigenvalue weighted by atomic mass is 10.0. The third kappa shape index (κ3) is 3.85. The second kappa shape index (κ2) is 8.70. The van der Waals surface area contributed by atoms with Crippen LogP contribution in [0.5, 0.6) is 0 Å². The van der Waals surface area contributed by atoms with Crippen molar-refractivity contribution in [3.63, 3.8) is 0 Å². The molecule has 1 fully saturated rings. The molecule has 9 nitrogen and oxygen atoms in total. The number of piperidine rings is 1. The number of rotatable bonds is 4. The molecule has 9 heteroatoms. The van der Waals surface area contributed by atoms with E-state index in [9.17, 15) is 19.2 Å². The third-order valence-corrected chi connectivity index (χ3v) is 6.79. The highest BCUT2D eigenvalue weighted by molar-refractivity contribution is 6.09. The quantitative estimate of drug-likeness (QED) is 0.367. The summed E-state index contributed by atoms with van der Waals surface area (Å²) in [6, 6.07) is 15.9. The van der Waals surface area contributed by atoms with E-state index in [0.717, 1.165) is 21.7 Å². The zero-order valence-electron chi connectivity index (χ0n) is 19.9. The number of aryl methyl sites for hydroxylation is 1. The molecule has 0 radical (unpaired) electrons. The number of imide groups is 1. The highest BCUT2D eigenvalue weighted by atomic mass is 16.3. The molecule has 3 aromatic carbocycles. The number of amides is 3. The normalized spacial score (nSPS) is 15.9. The SMILES string of the molecule is Cc1nc2c(NC(=O)Cc3coc4ccc5ccccc5c34)cccc2c(=O)n1C1CCC(=O)NC1=O. The summed E-state index contributed by atoms with van der Waals surface area (Å²) < 4.78 is 7.02. The first-order valence-electron chi connectivity index (χ1n) is 11.9. The number of hydrogen-bond acceptors (Lipinski definition) is 6. The Morgan fingerprint density at radius 3 is 2.73 bits per heavy atom. The minimum absolute atomic E-state index is 0.0731. The zero-order valence-corrected chi connectivity index (χ0v) is 19.9. The molecule has 2 aromatic heterocycles. The summed E-state index contributed by atoms with van der Waals surface area (Å²) in [4.78, 5) is 55.0. The van der Waals surface area contributed by atoms with Gasteiger partial charge in [-0.2, -0.15) is 0 Å². The maximum absolute atomic E-state index is 13.4. The fourth-order valence-corrected chi connectivity index (χ4v) is 5.10. The van der Waals surface area contributed by atoms with Crippen molar-refractivity contribution >= 4 is 56.1 Å². The summed E-state index contributed by atoms with van der Waals surface area (Å²) in [5, 5.41) is 8.40. The number of para-hydroxylation sites is 1. The van der Waals surface area contributed by atoms with Crippen LogP contribution < -0.4 is 16.2 Å². The number of fused-ring (bicyclic) bond motifs is 4. The molecule has 5 aromatic rings. The van der Waals surface area contributed by atoms with Crippen molar-refractivity contribution in [3.05, 3.63) is 82.6 Å². The van der Waals surface area contributed by atoms with E-state index in [1.165, 1.54) is 4.57 Å². The number of furan rings is 1. The molecule has 1 saturated heterocycles. The number of hydrogen-bond donors (Lipinski definition) is 2. The van der Waals surface area contributed by atoms with Crippen molar-refractivity contribution in [3.8, 4) is 0 Å². The average Bonchev–Trinajstić information content (AvgIpc) is 3.29. The monoisotopic (exact) mass is 494 g/mol. The number of aromatic nitrogens is 2. The molecule has 37 heavy (non-hydrogen) atoms. The average molecular weight is 495 g/mol. The van der Waals surface area contributed by atoms with E-state index < -0.39 is 17.5 Å². The lowest BCUT2D eigenvalue weighted by Gasteiger charge is -2.24. The van der Waals surface area contributed by atoms with Crippen LogP contribution in [0.1, 0.15) is 30.3 Å². The largest absolute Gasteiger partial charge is 0.464 e. The molecule has 0 bridgehead atoms. The van der Waals surface area contributed by atoms with Gasteiger partial charge < -0.3 is 9.73 Å². The van der Waals surface area contributed by atoms with Crippen LogP contribution in [0.4, 0.5) is 5.69 Å². The van der Waals surface area contributed by atoms with Crippen LogP contribution in [0.2, 0.25) is 0 Å². The molecule has 2 N–H and O–H groups in total. The van der Waals surface area contributed by atoms with Gasteiger partial charge >= 0.3 is 0 Å². The summed E-state index contributed by atoms with van der Waals surface area (Å²) in [6.45, 7) is 1.63. The minimum atomic E-state index is -0.815. The minimum Gasteiger partial charge on any atom is -0.464 e. The maximum atomic E-state index is 13.4. The van der Waals surface area contributed by atoms with Crippen molar-refractivity contribution in [2.45, 2.75) is 32.2 Å². The first-order chi connectivity index (χ1) is 17.9. The lowest BCUT2D eigenvalue weighted by molar-refractivity contribution is -0.135. The second-order valence-corrected chi connectivity index (χ2v) is 9.15. The lowest BCUT2D eigenvalue weighted by Crippen LogP contribution is -2.45. The molecule has 1 aliphatic heterocycles. The van der Waals surface area contributed by atoms with Gasteiger partial charge in [-0.15, -0.1) is 0 Å². The molecule has 3 amide bonds. The molecule has 3 heterocycles. The highest BCUT2D eigenvalue weighted by Gasteiger charge is 2.30. The van der Waals surface area contributed by atoms with Crippen LogP contribution in [0.15, 0.2) is 70.1 Å². The van der Waals surface area contributed by atoms with Crippen molar-refractivity contribution in [1.82, 2.24) is 14.9 Å². The number of carbonyl (C=O) groups is 3. The Bertz CT molecular complexity index is 1820. The van der Waals surface area contributed by atoms with Crippen LogP contribution in [0.3, 0.4) is 0 Å². The Morgan fingerprint density at radius 1 is 1.08 bits per heavy atom. The van der Waals surface area contributed by atoms with E-state index in [0.29, 0.717) is 22.6 Å². The number of benzene rings is 3. The number of nitrogens with zero attached hydrogens (tertiary/aromatic N) is 2. The zero-order chi connectivity index (χ0) is 25.7. The van der Waals surface area contributed by atoms with Crippen molar-refractivity contribution < 1.29 is 18.8 Å². The van der Waals surface area contributed by atoms with Gasteiger partial charge in [-0.1, -0.05) is 36.4 Å². The van der Waals surface area contributed by atoms with Gasteiger partial charge in [0.2, 0.25) is 17.7 Å². The molecule has 0 saturated carbocycles. The van der Waals surface area contributed by atoms with E-state index in [-0.39, 0.29) is 36.5 Å². The van der Waals surface area contributed by atoms with Crippen LogP contribution in [-0.2, 0) is 20.8 Å². The summed E-state index contributed by atoms with van der Waals surface area (Å²) in [7, 11) is 0. The van der Waals surface area contributed by atoms with E-state index >= 15 is 0 Å². The second-order valence-electron chi connectivity index (χ2n) is 9.15. The van der Waals surface area contributed by atoms with E-state index in [2.05, 4.69) is 15.6 Å². The predicted octanol–water partition coefficient (Wildman–Crippen LogP) is 3.76. The Labute approximate surface area is 210 Å². The summed E-state index contributed by atoms with van der Waals surface area (Å²) in [5.74, 6) is -0.839. The summed E-state index contributed by atoms with van der Waals surface area (Å²) in [5.41, 5.74) is 1.80. The van der Waals surface area contributed by atoms with E-state index in [1.54, 1.807) is 31.4 Å². The van der Waals surface area contributed by atoms with Gasteiger partial charge in [0, 0.05) is 17.4 Å². The number of nitrogens with one attached hydrogen (secondary N) is 2. The van der Waals surface area contributed by atoms with Crippen LogP contribution in [0.25, 0.3) is 32.6 Å². The maximum Gasteiger partial charge on any atom is 0.262 e. The van der Waals surface area contributed by atoms with Gasteiger partial charge in [0.1, 0.15) is 23.0 Å². The van der Waals surface area contributed by atoms with Crippen LogP contribution in [-0.4, -0.2) is 27.3 Å².